The minimum absolute atomic E-state index is 0. The summed E-state index contributed by atoms with van der Waals surface area (Å²) in [7, 11) is 0. The molecule has 5 nitrogen and oxygen atoms in total. The van der Waals surface area contributed by atoms with Crippen LogP contribution >= 0.6 is 24.2 Å². The highest BCUT2D eigenvalue weighted by atomic mass is 35.5. The molecule has 2 aromatic rings. The Morgan fingerprint density at radius 3 is 2.77 bits per heavy atom. The number of carbonyl (C=O) groups excluding carboxylic acids is 1. The monoisotopic (exact) mass is 394 g/mol. The topological polar surface area (TPSA) is 59.6 Å². The molecule has 2 aromatic carbocycles. The highest BCUT2D eigenvalue weighted by Gasteiger charge is 2.22. The molecule has 1 saturated heterocycles. The molecule has 0 bridgehead atoms. The number of hydrogen-bond acceptors (Lipinski definition) is 5. The molecule has 1 heterocycles. The van der Waals surface area contributed by atoms with Crippen LogP contribution in [-0.4, -0.2) is 36.8 Å². The van der Waals surface area contributed by atoms with Gasteiger partial charge in [0.25, 0.3) is 0 Å². The van der Waals surface area contributed by atoms with E-state index in [2.05, 4.69) is 10.6 Å². The second kappa shape index (κ2) is 11.1. The van der Waals surface area contributed by atoms with Crippen LogP contribution in [0.1, 0.15) is 5.56 Å². The Morgan fingerprint density at radius 2 is 2.00 bits per heavy atom. The van der Waals surface area contributed by atoms with Gasteiger partial charge in [-0.15, -0.1) is 24.2 Å². The number of benzene rings is 2. The number of para-hydroxylation sites is 1. The number of rotatable bonds is 8. The van der Waals surface area contributed by atoms with Crippen LogP contribution in [0.4, 0.5) is 5.69 Å². The second-order valence-electron chi connectivity index (χ2n) is 5.68. The Hall–Kier alpha value is -1.73. The fourth-order valence-corrected chi connectivity index (χ4v) is 3.40. The van der Waals surface area contributed by atoms with Gasteiger partial charge in [0, 0.05) is 17.3 Å². The third-order valence-electron chi connectivity index (χ3n) is 3.74. The number of ether oxygens (including phenoxy) is 2. The zero-order valence-electron chi connectivity index (χ0n) is 14.4. The van der Waals surface area contributed by atoms with Gasteiger partial charge in [0.2, 0.25) is 5.91 Å². The van der Waals surface area contributed by atoms with E-state index >= 15 is 0 Å². The Labute approximate surface area is 164 Å². The summed E-state index contributed by atoms with van der Waals surface area (Å²) in [5, 5.41) is 6.12. The van der Waals surface area contributed by atoms with Crippen LogP contribution in [0.2, 0.25) is 0 Å². The zero-order chi connectivity index (χ0) is 17.3. The predicted molar refractivity (Wildman–Crippen MR) is 108 cm³/mol. The van der Waals surface area contributed by atoms with Crippen LogP contribution in [0.3, 0.4) is 0 Å². The summed E-state index contributed by atoms with van der Waals surface area (Å²) in [6.45, 7) is 1.50. The molecule has 1 unspecified atom stereocenters. The van der Waals surface area contributed by atoms with Crippen molar-refractivity contribution >= 4 is 35.8 Å². The number of hydrogen-bond donors (Lipinski definition) is 2. The Morgan fingerprint density at radius 1 is 1.15 bits per heavy atom. The largest absolute Gasteiger partial charge is 0.491 e. The first-order valence-corrected chi connectivity index (χ1v) is 9.43. The molecule has 1 amide bonds. The molecule has 140 valence electrons. The number of carbonyl (C=O) groups is 1. The van der Waals surface area contributed by atoms with Gasteiger partial charge < -0.3 is 14.8 Å². The van der Waals surface area contributed by atoms with Gasteiger partial charge in [0.1, 0.15) is 12.4 Å². The van der Waals surface area contributed by atoms with Crippen molar-refractivity contribution in [3.63, 3.8) is 0 Å². The summed E-state index contributed by atoms with van der Waals surface area (Å²) < 4.78 is 11.2. The van der Waals surface area contributed by atoms with Crippen LogP contribution in [0, 0.1) is 0 Å². The zero-order valence-corrected chi connectivity index (χ0v) is 16.0. The van der Waals surface area contributed by atoms with Crippen molar-refractivity contribution < 1.29 is 14.3 Å². The lowest BCUT2D eigenvalue weighted by Gasteiger charge is -2.12. The predicted octanol–water partition coefficient (Wildman–Crippen LogP) is 3.31. The summed E-state index contributed by atoms with van der Waals surface area (Å²) in [5.74, 6) is 2.50. The van der Waals surface area contributed by atoms with E-state index in [4.69, 9.17) is 9.47 Å². The Balaban J connectivity index is 0.00000243. The molecule has 0 radical (unpaired) electrons. The van der Waals surface area contributed by atoms with Crippen LogP contribution in [-0.2, 0) is 16.1 Å². The van der Waals surface area contributed by atoms with Crippen molar-refractivity contribution in [3.8, 4) is 5.75 Å². The van der Waals surface area contributed by atoms with E-state index in [9.17, 15) is 4.79 Å². The molecular formula is C19H23ClN2O3S. The van der Waals surface area contributed by atoms with Crippen molar-refractivity contribution in [3.05, 3.63) is 60.2 Å². The average Bonchev–Trinajstić information content (AvgIpc) is 3.17. The lowest BCUT2D eigenvalue weighted by molar-refractivity contribution is -0.117. The molecule has 1 aliphatic rings. The summed E-state index contributed by atoms with van der Waals surface area (Å²) in [4.78, 5) is 12.1. The maximum absolute atomic E-state index is 12.1. The fourth-order valence-electron chi connectivity index (χ4n) is 2.46. The van der Waals surface area contributed by atoms with Crippen molar-refractivity contribution in [1.29, 1.82) is 0 Å². The van der Waals surface area contributed by atoms with Crippen LogP contribution < -0.4 is 15.4 Å². The lowest BCUT2D eigenvalue weighted by Crippen LogP contribution is -2.37. The molecule has 2 N–H and O–H groups in total. The minimum atomic E-state index is -0.111. The smallest absolute Gasteiger partial charge is 0.242 e. The number of amides is 1. The highest BCUT2D eigenvalue weighted by molar-refractivity contribution is 7.99. The summed E-state index contributed by atoms with van der Waals surface area (Å²) >= 11 is 1.73. The van der Waals surface area contributed by atoms with Gasteiger partial charge in [-0.25, -0.2) is 0 Å². The summed E-state index contributed by atoms with van der Waals surface area (Å²) in [6.07, 6.45) is 0. The van der Waals surface area contributed by atoms with Gasteiger partial charge in [-0.05, 0) is 29.8 Å². The molecule has 7 heteroatoms. The average molecular weight is 395 g/mol. The van der Waals surface area contributed by atoms with E-state index in [1.807, 2.05) is 54.6 Å². The van der Waals surface area contributed by atoms with E-state index in [1.165, 1.54) is 0 Å². The molecule has 0 saturated carbocycles. The second-order valence-corrected chi connectivity index (χ2v) is 6.71. The quantitative estimate of drug-likeness (QED) is 0.673. The number of halogens is 1. The van der Waals surface area contributed by atoms with Crippen LogP contribution in [0.5, 0.6) is 5.75 Å². The van der Waals surface area contributed by atoms with E-state index in [0.29, 0.717) is 19.8 Å². The minimum Gasteiger partial charge on any atom is -0.491 e. The van der Waals surface area contributed by atoms with Crippen molar-refractivity contribution in [2.75, 3.05) is 30.2 Å². The van der Waals surface area contributed by atoms with Gasteiger partial charge in [0.05, 0.1) is 19.3 Å². The first-order chi connectivity index (χ1) is 12.3. The summed E-state index contributed by atoms with van der Waals surface area (Å²) in [5.41, 5.74) is 1.82. The van der Waals surface area contributed by atoms with Crippen molar-refractivity contribution in [1.82, 2.24) is 5.32 Å². The van der Waals surface area contributed by atoms with Gasteiger partial charge in [-0.2, -0.15) is 0 Å². The third-order valence-corrected chi connectivity index (χ3v) is 4.68. The first kappa shape index (κ1) is 20.6. The van der Waals surface area contributed by atoms with Crippen molar-refractivity contribution in [2.45, 2.75) is 12.6 Å². The van der Waals surface area contributed by atoms with E-state index < -0.39 is 0 Å². The molecule has 1 fully saturated rings. The van der Waals surface area contributed by atoms with Gasteiger partial charge in [-0.3, -0.25) is 10.1 Å². The van der Waals surface area contributed by atoms with E-state index in [1.54, 1.807) is 11.8 Å². The van der Waals surface area contributed by atoms with Crippen LogP contribution in [0.25, 0.3) is 0 Å². The molecule has 0 aliphatic carbocycles. The maximum Gasteiger partial charge on any atom is 0.242 e. The Kier molecular flexibility index (Phi) is 8.77. The fraction of sp³-hybridized carbons (Fsp3) is 0.316. The maximum atomic E-state index is 12.1. The molecule has 26 heavy (non-hydrogen) atoms. The van der Waals surface area contributed by atoms with E-state index in [0.717, 1.165) is 28.6 Å². The first-order valence-electron chi connectivity index (χ1n) is 8.28. The van der Waals surface area contributed by atoms with Crippen LogP contribution in [0.15, 0.2) is 54.6 Å². The normalized spacial score (nSPS) is 15.9. The lowest BCUT2D eigenvalue weighted by atomic mass is 10.2. The van der Waals surface area contributed by atoms with Gasteiger partial charge in [0.15, 0.2) is 0 Å². The van der Waals surface area contributed by atoms with Gasteiger partial charge in [-0.1, -0.05) is 30.3 Å². The molecule has 1 aliphatic heterocycles. The molecule has 3 rings (SSSR count). The number of anilines is 1. The third kappa shape index (κ3) is 6.53. The summed E-state index contributed by atoms with van der Waals surface area (Å²) in [6, 6.07) is 17.3. The SMILES string of the molecule is Cl.O=C(Nc1cccc(COCCOc2ccccc2)c1)C1CSCN1. The molecular weight excluding hydrogens is 372 g/mol. The number of thioether (sulfide) groups is 1. The molecule has 0 aromatic heterocycles. The Bertz CT molecular complexity index is 681. The molecule has 1 atom stereocenters. The van der Waals surface area contributed by atoms with Crippen molar-refractivity contribution in [2.24, 2.45) is 0 Å². The standard InChI is InChI=1S/C19H22N2O3S.ClH/c22-19(18-13-25-14-20-18)21-16-6-4-5-15(11-16)12-23-9-10-24-17-7-2-1-3-8-17;/h1-8,11,18,20H,9-10,12-14H2,(H,21,22);1H. The molecule has 0 spiro atoms. The number of nitrogens with one attached hydrogen (secondary N) is 2. The highest BCUT2D eigenvalue weighted by Crippen LogP contribution is 2.15. The van der Waals surface area contributed by atoms with E-state index in [-0.39, 0.29) is 24.4 Å². The van der Waals surface area contributed by atoms with Gasteiger partial charge >= 0.3 is 0 Å².